The summed E-state index contributed by atoms with van der Waals surface area (Å²) in [7, 11) is 1.81. The number of thiazole rings is 1. The molecule has 0 saturated heterocycles. The number of aromatic nitrogens is 1. The molecule has 5 heteroatoms. The van der Waals surface area contributed by atoms with E-state index in [2.05, 4.69) is 31.2 Å². The summed E-state index contributed by atoms with van der Waals surface area (Å²) in [5.74, 6) is 0.00688. The van der Waals surface area contributed by atoms with Crippen molar-refractivity contribution in [1.82, 2.24) is 4.98 Å². The van der Waals surface area contributed by atoms with Crippen LogP contribution in [0.3, 0.4) is 0 Å². The second kappa shape index (κ2) is 10.1. The third-order valence-electron chi connectivity index (χ3n) is 5.62. The van der Waals surface area contributed by atoms with Crippen LogP contribution in [0.25, 0.3) is 22.4 Å². The highest BCUT2D eigenvalue weighted by Gasteiger charge is 2.24. The minimum atomic E-state index is -0.0826. The van der Waals surface area contributed by atoms with Crippen LogP contribution in [-0.2, 0) is 11.2 Å². The van der Waals surface area contributed by atoms with Crippen LogP contribution in [0.5, 0.6) is 0 Å². The summed E-state index contributed by atoms with van der Waals surface area (Å²) in [4.78, 5) is 19.7. The van der Waals surface area contributed by atoms with Crippen LogP contribution < -0.4 is 4.90 Å². The van der Waals surface area contributed by atoms with Gasteiger partial charge in [-0.1, -0.05) is 85.3 Å². The van der Waals surface area contributed by atoms with E-state index in [9.17, 15) is 4.79 Å². The van der Waals surface area contributed by atoms with Crippen LogP contribution in [0.2, 0.25) is 5.02 Å². The molecule has 1 amide bonds. The summed E-state index contributed by atoms with van der Waals surface area (Å²) >= 11 is 7.80. The summed E-state index contributed by atoms with van der Waals surface area (Å²) in [5, 5.41) is 3.35. The number of anilines is 1. The Hall–Kier alpha value is -2.95. The topological polar surface area (TPSA) is 33.2 Å². The van der Waals surface area contributed by atoms with Gasteiger partial charge in [-0.2, -0.15) is 0 Å². The van der Waals surface area contributed by atoms with Gasteiger partial charge in [0, 0.05) is 28.9 Å². The van der Waals surface area contributed by atoms with Gasteiger partial charge in [0.05, 0.1) is 5.69 Å². The number of rotatable bonds is 7. The molecule has 4 aromatic rings. The van der Waals surface area contributed by atoms with Crippen molar-refractivity contribution in [3.63, 3.8) is 0 Å². The highest BCUT2D eigenvalue weighted by atomic mass is 35.5. The molecule has 0 aliphatic carbocycles. The maximum atomic E-state index is 13.2. The number of carbonyl (C=O) groups excluding carboxylic acids is 1. The Kier molecular flexibility index (Phi) is 7.03. The lowest BCUT2D eigenvalue weighted by Crippen LogP contribution is -2.33. The Bertz CT molecular complexity index is 1190. The molecule has 0 aliphatic heterocycles. The zero-order valence-electron chi connectivity index (χ0n) is 18.2. The Morgan fingerprint density at radius 2 is 1.69 bits per heavy atom. The van der Waals surface area contributed by atoms with Crippen LogP contribution in [0.4, 0.5) is 5.13 Å². The van der Waals surface area contributed by atoms with Gasteiger partial charge >= 0.3 is 0 Å². The number of carbonyl (C=O) groups is 1. The van der Waals surface area contributed by atoms with Gasteiger partial charge in [-0.3, -0.25) is 9.69 Å². The van der Waals surface area contributed by atoms with E-state index >= 15 is 0 Å². The molecule has 32 heavy (non-hydrogen) atoms. The summed E-state index contributed by atoms with van der Waals surface area (Å²) in [6, 6.07) is 26.2. The highest BCUT2D eigenvalue weighted by Crippen LogP contribution is 2.36. The molecule has 162 valence electrons. The van der Waals surface area contributed by atoms with Crippen molar-refractivity contribution in [3.05, 3.63) is 94.8 Å². The van der Waals surface area contributed by atoms with E-state index in [0.29, 0.717) is 10.2 Å². The van der Waals surface area contributed by atoms with Gasteiger partial charge in [-0.15, -0.1) is 11.3 Å². The molecule has 1 atom stereocenters. The SMILES string of the molecule is CC[C@H](Cc1ccccc1)C(=O)N(C)c1nc(-c2cc(Cl)ccc2-c2ccccc2)cs1. The average molecular weight is 461 g/mol. The van der Waals surface area contributed by atoms with Crippen LogP contribution >= 0.6 is 22.9 Å². The van der Waals surface area contributed by atoms with Gasteiger partial charge in [0.1, 0.15) is 0 Å². The minimum Gasteiger partial charge on any atom is -0.291 e. The fraction of sp³-hybridized carbons (Fsp3) is 0.185. The molecule has 0 radical (unpaired) electrons. The van der Waals surface area contributed by atoms with Gasteiger partial charge < -0.3 is 0 Å². The quantitative estimate of drug-likeness (QED) is 0.288. The number of nitrogens with zero attached hydrogens (tertiary/aromatic N) is 2. The van der Waals surface area contributed by atoms with Crippen molar-refractivity contribution in [3.8, 4) is 22.4 Å². The van der Waals surface area contributed by atoms with Crippen LogP contribution in [-0.4, -0.2) is 17.9 Å². The smallest absolute Gasteiger partial charge is 0.231 e. The van der Waals surface area contributed by atoms with E-state index in [1.54, 1.807) is 4.90 Å². The Balaban J connectivity index is 1.60. The lowest BCUT2D eigenvalue weighted by Gasteiger charge is -2.21. The first-order valence-electron chi connectivity index (χ1n) is 10.7. The summed E-state index contributed by atoms with van der Waals surface area (Å²) in [6.45, 7) is 2.06. The molecular formula is C27H25ClN2OS. The molecule has 0 unspecified atom stereocenters. The Morgan fingerprint density at radius 1 is 1.00 bits per heavy atom. The van der Waals surface area contributed by atoms with Crippen molar-refractivity contribution < 1.29 is 4.79 Å². The van der Waals surface area contributed by atoms with E-state index in [1.165, 1.54) is 16.9 Å². The lowest BCUT2D eigenvalue weighted by atomic mass is 9.96. The molecule has 0 bridgehead atoms. The number of amides is 1. The zero-order chi connectivity index (χ0) is 22.5. The zero-order valence-corrected chi connectivity index (χ0v) is 19.7. The first kappa shape index (κ1) is 22.3. The molecule has 3 nitrogen and oxygen atoms in total. The van der Waals surface area contributed by atoms with E-state index in [-0.39, 0.29) is 11.8 Å². The largest absolute Gasteiger partial charge is 0.291 e. The third-order valence-corrected chi connectivity index (χ3v) is 6.77. The molecule has 1 heterocycles. The van der Waals surface area contributed by atoms with E-state index < -0.39 is 0 Å². The van der Waals surface area contributed by atoms with Crippen LogP contribution in [0.1, 0.15) is 18.9 Å². The van der Waals surface area contributed by atoms with E-state index in [0.717, 1.165) is 35.2 Å². The van der Waals surface area contributed by atoms with Gasteiger partial charge in [0.2, 0.25) is 5.91 Å². The normalized spacial score (nSPS) is 11.8. The second-order valence-electron chi connectivity index (χ2n) is 7.76. The van der Waals surface area contributed by atoms with Crippen molar-refractivity contribution >= 4 is 34.0 Å². The lowest BCUT2D eigenvalue weighted by molar-refractivity contribution is -0.122. The van der Waals surface area contributed by atoms with Crippen molar-refractivity contribution in [1.29, 1.82) is 0 Å². The molecule has 0 fully saturated rings. The van der Waals surface area contributed by atoms with Gasteiger partial charge in [0.25, 0.3) is 0 Å². The maximum absolute atomic E-state index is 13.2. The predicted molar refractivity (Wildman–Crippen MR) is 135 cm³/mol. The second-order valence-corrected chi connectivity index (χ2v) is 9.04. The van der Waals surface area contributed by atoms with Crippen molar-refractivity contribution in [2.75, 3.05) is 11.9 Å². The molecular weight excluding hydrogens is 436 g/mol. The van der Waals surface area contributed by atoms with Crippen LogP contribution in [0, 0.1) is 5.92 Å². The van der Waals surface area contributed by atoms with Gasteiger partial charge in [-0.25, -0.2) is 4.98 Å². The maximum Gasteiger partial charge on any atom is 0.231 e. The molecule has 0 spiro atoms. The Morgan fingerprint density at radius 3 is 2.38 bits per heavy atom. The van der Waals surface area contributed by atoms with E-state index in [4.69, 9.17) is 16.6 Å². The third kappa shape index (κ3) is 4.93. The summed E-state index contributed by atoms with van der Waals surface area (Å²) in [5.41, 5.74) is 5.13. The number of benzene rings is 3. The van der Waals surface area contributed by atoms with Crippen LogP contribution in [0.15, 0.2) is 84.2 Å². The molecule has 0 saturated carbocycles. The molecule has 4 rings (SSSR count). The first-order chi connectivity index (χ1) is 15.6. The molecule has 0 aliphatic rings. The minimum absolute atomic E-state index is 0.0826. The molecule has 0 N–H and O–H groups in total. The average Bonchev–Trinajstić information content (AvgIpc) is 3.33. The number of halogens is 1. The molecule has 1 aromatic heterocycles. The standard InChI is InChI=1S/C27H25ClN2OS/c1-3-20(16-19-10-6-4-7-11-19)26(31)30(2)27-29-25(18-32-27)24-17-22(28)14-15-23(24)21-12-8-5-9-13-21/h4-15,17-18,20H,3,16H2,1-2H3/t20-/m1/s1. The van der Waals surface area contributed by atoms with Crippen molar-refractivity contribution in [2.24, 2.45) is 5.92 Å². The highest BCUT2D eigenvalue weighted by molar-refractivity contribution is 7.14. The van der Waals surface area contributed by atoms with E-state index in [1.807, 2.05) is 67.0 Å². The molecule has 3 aromatic carbocycles. The summed E-state index contributed by atoms with van der Waals surface area (Å²) < 4.78 is 0. The first-order valence-corrected chi connectivity index (χ1v) is 11.9. The Labute approximate surface area is 198 Å². The monoisotopic (exact) mass is 460 g/mol. The van der Waals surface area contributed by atoms with Crippen molar-refractivity contribution in [2.45, 2.75) is 19.8 Å². The fourth-order valence-corrected chi connectivity index (χ4v) is 4.78. The number of hydrogen-bond donors (Lipinski definition) is 0. The predicted octanol–water partition coefficient (Wildman–Crippen LogP) is 7.36. The summed E-state index contributed by atoms with van der Waals surface area (Å²) in [6.07, 6.45) is 1.51. The number of hydrogen-bond acceptors (Lipinski definition) is 3. The van der Waals surface area contributed by atoms with Gasteiger partial charge in [-0.05, 0) is 41.7 Å². The fourth-order valence-electron chi connectivity index (χ4n) is 3.81. The van der Waals surface area contributed by atoms with Gasteiger partial charge in [0.15, 0.2) is 5.13 Å².